The van der Waals surface area contributed by atoms with E-state index in [9.17, 15) is 9.18 Å². The van der Waals surface area contributed by atoms with Crippen LogP contribution in [0.1, 0.15) is 103 Å². The number of carbonyl (C=O) groups is 1. The number of anilines is 1. The van der Waals surface area contributed by atoms with Crippen molar-refractivity contribution in [3.63, 3.8) is 0 Å². The van der Waals surface area contributed by atoms with Crippen molar-refractivity contribution in [3.05, 3.63) is 40.5 Å². The van der Waals surface area contributed by atoms with Crippen LogP contribution in [0.25, 0.3) is 10.2 Å². The molecule has 1 aliphatic heterocycles. The maximum absolute atomic E-state index is 14.7. The highest BCUT2D eigenvalue weighted by molar-refractivity contribution is 7.22. The molecule has 0 unspecified atom stereocenters. The van der Waals surface area contributed by atoms with Gasteiger partial charge in [-0.2, -0.15) is 0 Å². The summed E-state index contributed by atoms with van der Waals surface area (Å²) in [5, 5.41) is 5.45. The fourth-order valence-electron chi connectivity index (χ4n) is 7.52. The molecule has 2 aromatic heterocycles. The number of piperidine rings is 1. The molecule has 4 aliphatic carbocycles. The van der Waals surface area contributed by atoms with E-state index < -0.39 is 11.8 Å². The second-order valence-corrected chi connectivity index (χ2v) is 13.6. The van der Waals surface area contributed by atoms with E-state index in [1.165, 1.54) is 87.1 Å². The van der Waals surface area contributed by atoms with Crippen LogP contribution in [-0.4, -0.2) is 41.9 Å². The maximum atomic E-state index is 14.7. The molecule has 206 valence electrons. The summed E-state index contributed by atoms with van der Waals surface area (Å²) in [6.45, 7) is 1.46. The lowest BCUT2D eigenvalue weighted by molar-refractivity contribution is 0.0116. The van der Waals surface area contributed by atoms with E-state index in [-0.39, 0.29) is 11.7 Å². The van der Waals surface area contributed by atoms with Gasteiger partial charge in [0.05, 0.1) is 35.8 Å². The molecule has 4 saturated carbocycles. The van der Waals surface area contributed by atoms with Gasteiger partial charge in [-0.25, -0.2) is 14.2 Å². The Hall–Kier alpha value is -2.52. The zero-order valence-electron chi connectivity index (χ0n) is 22.3. The first kappa shape index (κ1) is 24.3. The predicted octanol–water partition coefficient (Wildman–Crippen LogP) is 6.71. The summed E-state index contributed by atoms with van der Waals surface area (Å²) >= 11 is 1.44. The fraction of sp³-hybridized carbons (Fsp3) is 0.633. The number of rotatable bonds is 7. The van der Waals surface area contributed by atoms with E-state index in [1.807, 2.05) is 0 Å². The Morgan fingerprint density at radius 3 is 2.67 bits per heavy atom. The van der Waals surface area contributed by atoms with Crippen molar-refractivity contribution in [3.8, 4) is 0 Å². The van der Waals surface area contributed by atoms with Crippen LogP contribution in [0.2, 0.25) is 0 Å². The standard InChI is InChI=1S/C30H34FN3O4S/c1-36-28(35)18-11-22(31)26-24(12-18)39-29(32-26)34-14-19-10-20(34)13-23(19)37-15-21-25(33-38-27(21)17-2-3-17)16-4-6-30(7-5-16)8-9-30/h11-12,16-17,19-20,23H,2-10,13-15H2,1H3/t19-,20-,23+/m0/s1. The van der Waals surface area contributed by atoms with E-state index in [4.69, 9.17) is 14.0 Å². The van der Waals surface area contributed by atoms with Crippen molar-refractivity contribution in [2.75, 3.05) is 18.6 Å². The number of nitrogens with zero attached hydrogens (tertiary/aromatic N) is 3. The van der Waals surface area contributed by atoms with Crippen molar-refractivity contribution in [1.82, 2.24) is 10.1 Å². The number of esters is 1. The number of benzene rings is 1. The summed E-state index contributed by atoms with van der Waals surface area (Å²) in [7, 11) is 1.30. The van der Waals surface area contributed by atoms with Crippen LogP contribution in [0, 0.1) is 17.2 Å². The van der Waals surface area contributed by atoms with Crippen molar-refractivity contribution >= 4 is 32.7 Å². The Balaban J connectivity index is 0.956. The van der Waals surface area contributed by atoms with Gasteiger partial charge in [-0.05, 0) is 81.8 Å². The van der Waals surface area contributed by atoms with Crippen LogP contribution in [0.4, 0.5) is 9.52 Å². The largest absolute Gasteiger partial charge is 0.465 e. The summed E-state index contributed by atoms with van der Waals surface area (Å²) in [4.78, 5) is 18.9. The van der Waals surface area contributed by atoms with Gasteiger partial charge in [-0.15, -0.1) is 0 Å². The molecule has 39 heavy (non-hydrogen) atoms. The molecular weight excluding hydrogens is 517 g/mol. The van der Waals surface area contributed by atoms with Crippen LogP contribution in [0.5, 0.6) is 0 Å². The molecule has 3 atom stereocenters. The minimum atomic E-state index is -0.540. The molecule has 1 aromatic carbocycles. The molecule has 5 aliphatic rings. The van der Waals surface area contributed by atoms with Gasteiger partial charge in [0.25, 0.3) is 0 Å². The molecule has 7 nitrogen and oxygen atoms in total. The number of aromatic nitrogens is 2. The normalized spacial score (nSPS) is 27.6. The zero-order chi connectivity index (χ0) is 26.3. The third-order valence-corrected chi connectivity index (χ3v) is 11.2. The molecule has 9 heteroatoms. The summed E-state index contributed by atoms with van der Waals surface area (Å²) in [5.41, 5.74) is 3.63. The smallest absolute Gasteiger partial charge is 0.338 e. The molecule has 0 amide bonds. The first-order valence-electron chi connectivity index (χ1n) is 14.6. The summed E-state index contributed by atoms with van der Waals surface area (Å²) < 4.78 is 32.8. The highest BCUT2D eigenvalue weighted by Gasteiger charge is 2.48. The van der Waals surface area contributed by atoms with Gasteiger partial charge in [0.2, 0.25) is 0 Å². The zero-order valence-corrected chi connectivity index (χ0v) is 23.1. The van der Waals surface area contributed by atoms with Crippen LogP contribution in [-0.2, 0) is 16.1 Å². The lowest BCUT2D eigenvalue weighted by Gasteiger charge is -2.31. The first-order valence-corrected chi connectivity index (χ1v) is 15.4. The Morgan fingerprint density at radius 2 is 1.97 bits per heavy atom. The van der Waals surface area contributed by atoms with Crippen LogP contribution >= 0.6 is 11.3 Å². The van der Waals surface area contributed by atoms with Gasteiger partial charge in [-0.1, -0.05) is 16.5 Å². The van der Waals surface area contributed by atoms with Gasteiger partial charge in [0.1, 0.15) is 11.3 Å². The molecule has 0 N–H and O–H groups in total. The minimum Gasteiger partial charge on any atom is -0.465 e. The summed E-state index contributed by atoms with van der Waals surface area (Å²) in [6.07, 6.45) is 12.6. The number of thiazole rings is 1. The molecule has 0 radical (unpaired) electrons. The van der Waals surface area contributed by atoms with Crippen LogP contribution in [0.15, 0.2) is 16.7 Å². The fourth-order valence-corrected chi connectivity index (χ4v) is 8.62. The molecular formula is C30H34FN3O4S. The Kier molecular flexibility index (Phi) is 5.60. The number of halogens is 1. The molecule has 1 saturated heterocycles. The number of hydrogen-bond donors (Lipinski definition) is 0. The number of hydrogen-bond acceptors (Lipinski definition) is 8. The topological polar surface area (TPSA) is 77.7 Å². The van der Waals surface area contributed by atoms with E-state index in [0.29, 0.717) is 46.0 Å². The molecule has 3 aromatic rings. The minimum absolute atomic E-state index is 0.208. The highest BCUT2D eigenvalue weighted by atomic mass is 32.1. The van der Waals surface area contributed by atoms with E-state index in [2.05, 4.69) is 15.0 Å². The average Bonchev–Trinajstić information content (AvgIpc) is 3.70. The van der Waals surface area contributed by atoms with Crippen molar-refractivity contribution in [2.45, 2.75) is 94.8 Å². The van der Waals surface area contributed by atoms with Crippen molar-refractivity contribution < 1.29 is 23.2 Å². The average molecular weight is 552 g/mol. The van der Waals surface area contributed by atoms with Gasteiger partial charge < -0.3 is 18.9 Å². The summed E-state index contributed by atoms with van der Waals surface area (Å²) in [6, 6.07) is 3.22. The third kappa shape index (κ3) is 4.19. The molecule has 8 rings (SSSR count). The van der Waals surface area contributed by atoms with Gasteiger partial charge in [0.15, 0.2) is 10.9 Å². The Bertz CT molecular complexity index is 1430. The lowest BCUT2D eigenvalue weighted by atomic mass is 9.77. The van der Waals surface area contributed by atoms with Crippen LogP contribution < -0.4 is 4.90 Å². The monoisotopic (exact) mass is 551 g/mol. The summed E-state index contributed by atoms with van der Waals surface area (Å²) in [5.74, 6) is 1.53. The number of methoxy groups -OCH3 is 1. The van der Waals surface area contributed by atoms with E-state index in [1.54, 1.807) is 6.07 Å². The maximum Gasteiger partial charge on any atom is 0.338 e. The number of carbonyl (C=O) groups excluding carboxylic acids is 1. The lowest BCUT2D eigenvalue weighted by Crippen LogP contribution is -2.38. The molecule has 3 heterocycles. The van der Waals surface area contributed by atoms with Gasteiger partial charge in [-0.3, -0.25) is 0 Å². The first-order chi connectivity index (χ1) is 19.0. The van der Waals surface area contributed by atoms with Crippen molar-refractivity contribution in [1.29, 1.82) is 0 Å². The second-order valence-electron chi connectivity index (χ2n) is 12.6. The number of ether oxygens (including phenoxy) is 2. The van der Waals surface area contributed by atoms with E-state index >= 15 is 0 Å². The Labute approximate surface area is 231 Å². The number of fused-ring (bicyclic) bond motifs is 3. The van der Waals surface area contributed by atoms with Crippen molar-refractivity contribution in [2.24, 2.45) is 11.3 Å². The molecule has 1 spiro atoms. The Morgan fingerprint density at radius 1 is 1.15 bits per heavy atom. The van der Waals surface area contributed by atoms with Crippen LogP contribution in [0.3, 0.4) is 0 Å². The molecule has 2 bridgehead atoms. The third-order valence-electron chi connectivity index (χ3n) is 10.2. The SMILES string of the molecule is COC(=O)c1cc(F)c2nc(N3C[C@@H]4C[C@H]3C[C@H]4OCc3c(C4CCC5(CC4)CC5)noc3C3CC3)sc2c1. The molecule has 5 fully saturated rings. The quantitative estimate of drug-likeness (QED) is 0.302. The van der Waals surface area contributed by atoms with Gasteiger partial charge in [0, 0.05) is 35.9 Å². The second kappa shape index (κ2) is 8.99. The predicted molar refractivity (Wildman–Crippen MR) is 145 cm³/mol. The highest BCUT2D eigenvalue weighted by Crippen LogP contribution is 2.59. The van der Waals surface area contributed by atoms with Gasteiger partial charge >= 0.3 is 5.97 Å². The van der Waals surface area contributed by atoms with E-state index in [0.717, 1.165) is 30.3 Å².